The fourth-order valence-corrected chi connectivity index (χ4v) is 5.17. The van der Waals surface area contributed by atoms with Crippen molar-refractivity contribution in [2.24, 2.45) is 0 Å². The molecule has 1 aromatic carbocycles. The summed E-state index contributed by atoms with van der Waals surface area (Å²) in [6.45, 7) is 0. The summed E-state index contributed by atoms with van der Waals surface area (Å²) in [5, 5.41) is 3.44. The molecule has 0 bridgehead atoms. The first kappa shape index (κ1) is 11.0. The van der Waals surface area contributed by atoms with Crippen molar-refractivity contribution in [3.8, 4) is 0 Å². The third-order valence-electron chi connectivity index (χ3n) is 1.56. The van der Waals surface area contributed by atoms with Crippen LogP contribution in [0.4, 0.5) is 0 Å². The van der Waals surface area contributed by atoms with E-state index in [1.807, 2.05) is 36.2 Å². The molecule has 13 heavy (non-hydrogen) atoms. The molecule has 0 fully saturated rings. The topological polar surface area (TPSA) is 38.3 Å². The summed E-state index contributed by atoms with van der Waals surface area (Å²) < 4.78 is 12.2. The van der Waals surface area contributed by atoms with Crippen LogP contribution in [0, 0.1) is 0 Å². The summed E-state index contributed by atoms with van der Waals surface area (Å²) in [4.78, 5) is 4.75. The number of hydrogen-bond donors (Lipinski definition) is 1. The molecule has 1 aromatic rings. The monoisotopic (exact) mass is 265 g/mol. The van der Waals surface area contributed by atoms with Gasteiger partial charge >= 0.3 is 83.7 Å². The third-order valence-corrected chi connectivity index (χ3v) is 8.51. The average Bonchev–Trinajstić information content (AvgIpc) is 2.19. The molecule has 0 radical (unpaired) electrons. The molecule has 72 valence electrons. The Morgan fingerprint density at radius 1 is 1.38 bits per heavy atom. The normalized spacial score (nSPS) is 15.2. The second-order valence-electron chi connectivity index (χ2n) is 2.37. The molecule has 0 aliphatic carbocycles. The second kappa shape index (κ2) is 4.94. The van der Waals surface area contributed by atoms with Crippen LogP contribution in [0.5, 0.6) is 0 Å². The van der Waals surface area contributed by atoms with Gasteiger partial charge in [-0.1, -0.05) is 0 Å². The zero-order chi connectivity index (χ0) is 9.73. The predicted molar refractivity (Wildman–Crippen MR) is 55.4 cm³/mol. The van der Waals surface area contributed by atoms with Crippen LogP contribution in [0.25, 0.3) is 0 Å². The van der Waals surface area contributed by atoms with Gasteiger partial charge in [-0.2, -0.15) is 0 Å². The molecule has 0 saturated heterocycles. The summed E-state index contributed by atoms with van der Waals surface area (Å²) >= 11 is 0.00433. The molecule has 1 rings (SSSR count). The van der Waals surface area contributed by atoms with E-state index in [1.165, 1.54) is 7.11 Å². The molecule has 0 aliphatic rings. The quantitative estimate of drug-likeness (QED) is 0.507. The van der Waals surface area contributed by atoms with E-state index in [4.69, 9.17) is 4.84 Å². The van der Waals surface area contributed by atoms with E-state index in [0.29, 0.717) is 0 Å². The van der Waals surface area contributed by atoms with Crippen molar-refractivity contribution >= 4 is 25.8 Å². The summed E-state index contributed by atoms with van der Waals surface area (Å²) in [6.07, 6.45) is 0. The van der Waals surface area contributed by atoms with E-state index >= 15 is 0 Å². The Morgan fingerprint density at radius 3 is 2.46 bits per heavy atom. The number of hydrogen-bond acceptors (Lipinski definition) is 2. The Balaban J connectivity index is 2.96. The van der Waals surface area contributed by atoms with Gasteiger partial charge in [0.2, 0.25) is 0 Å². The Kier molecular flexibility index (Phi) is 4.17. The Bertz CT molecular complexity index is 304. The van der Waals surface area contributed by atoms with Gasteiger partial charge < -0.3 is 0 Å². The summed E-state index contributed by atoms with van der Waals surface area (Å²) in [5.74, 6) is -0.525. The number of rotatable bonds is 4. The van der Waals surface area contributed by atoms with E-state index in [2.05, 4.69) is 5.25 Å². The van der Waals surface area contributed by atoms with Crippen molar-refractivity contribution in [2.45, 2.75) is 5.82 Å². The van der Waals surface area contributed by atoms with Gasteiger partial charge in [0.05, 0.1) is 0 Å². The van der Waals surface area contributed by atoms with Gasteiger partial charge in [0, 0.05) is 0 Å². The van der Waals surface area contributed by atoms with Crippen molar-refractivity contribution in [2.75, 3.05) is 7.11 Å². The van der Waals surface area contributed by atoms with E-state index in [1.54, 1.807) is 0 Å². The standard InChI is InChI=1S/C8H12NO2PSe/c1-11-9-12(10,13-2)8-6-4-3-5-7-8/h3-7H,1-2H3,(H,9,10). The van der Waals surface area contributed by atoms with Crippen LogP contribution in [0.1, 0.15) is 0 Å². The first-order chi connectivity index (χ1) is 6.23. The predicted octanol–water partition coefficient (Wildman–Crippen LogP) is 1.41. The Hall–Kier alpha value is -0.111. The maximum atomic E-state index is 12.2. The Labute approximate surface area is 84.0 Å². The SMILES string of the molecule is CONP(=O)([Se]C)c1ccccc1. The van der Waals surface area contributed by atoms with E-state index < -0.39 is 5.98 Å². The summed E-state index contributed by atoms with van der Waals surface area (Å²) in [7, 11) is 1.49. The maximum absolute atomic E-state index is 12.2. The van der Waals surface area contributed by atoms with Crippen molar-refractivity contribution < 1.29 is 9.40 Å². The van der Waals surface area contributed by atoms with Gasteiger partial charge in [0.1, 0.15) is 0 Å². The minimum absolute atomic E-state index is 0.00433. The molecule has 3 nitrogen and oxygen atoms in total. The van der Waals surface area contributed by atoms with Gasteiger partial charge in [0.25, 0.3) is 0 Å². The molecular weight excluding hydrogens is 252 g/mol. The van der Waals surface area contributed by atoms with Crippen molar-refractivity contribution in [1.82, 2.24) is 5.25 Å². The molecule has 1 N–H and O–H groups in total. The number of nitrogens with one attached hydrogen (secondary N) is 1. The molecule has 0 saturated carbocycles. The molecule has 0 aromatic heterocycles. The first-order valence-electron chi connectivity index (χ1n) is 3.74. The number of benzene rings is 1. The van der Waals surface area contributed by atoms with Crippen LogP contribution < -0.4 is 10.6 Å². The zero-order valence-corrected chi connectivity index (χ0v) is 10.2. The molecule has 0 spiro atoms. The molecule has 0 heterocycles. The van der Waals surface area contributed by atoms with Gasteiger partial charge in [-0.3, -0.25) is 0 Å². The zero-order valence-electron chi connectivity index (χ0n) is 7.56. The average molecular weight is 264 g/mol. The van der Waals surface area contributed by atoms with Crippen LogP contribution in [-0.2, 0) is 9.40 Å². The molecular formula is C8H12NO2PSe. The van der Waals surface area contributed by atoms with Gasteiger partial charge in [0.15, 0.2) is 0 Å². The van der Waals surface area contributed by atoms with Crippen LogP contribution in [-0.4, -0.2) is 21.6 Å². The molecule has 0 amide bonds. The van der Waals surface area contributed by atoms with Crippen molar-refractivity contribution in [3.63, 3.8) is 0 Å². The van der Waals surface area contributed by atoms with E-state index in [0.717, 1.165) is 5.30 Å². The van der Waals surface area contributed by atoms with Crippen LogP contribution in [0.2, 0.25) is 5.82 Å². The molecule has 5 heteroatoms. The summed E-state index contributed by atoms with van der Waals surface area (Å²) in [5.41, 5.74) is 0. The van der Waals surface area contributed by atoms with Crippen LogP contribution >= 0.6 is 5.98 Å². The van der Waals surface area contributed by atoms with Crippen LogP contribution in [0.15, 0.2) is 30.3 Å². The van der Waals surface area contributed by atoms with Gasteiger partial charge in [-0.05, 0) is 0 Å². The first-order valence-corrected chi connectivity index (χ1v) is 9.38. The molecule has 0 aliphatic heterocycles. The van der Waals surface area contributed by atoms with Crippen LogP contribution in [0.3, 0.4) is 0 Å². The van der Waals surface area contributed by atoms with Gasteiger partial charge in [-0.15, -0.1) is 0 Å². The third kappa shape index (κ3) is 2.66. The second-order valence-corrected chi connectivity index (χ2v) is 10.1. The fourth-order valence-electron chi connectivity index (χ4n) is 0.940. The molecule has 1 atom stereocenters. The Morgan fingerprint density at radius 2 is 2.00 bits per heavy atom. The summed E-state index contributed by atoms with van der Waals surface area (Å²) in [6, 6.07) is 9.38. The van der Waals surface area contributed by atoms with Gasteiger partial charge in [-0.25, -0.2) is 0 Å². The fraction of sp³-hybridized carbons (Fsp3) is 0.250. The molecule has 1 unspecified atom stereocenters. The van der Waals surface area contributed by atoms with E-state index in [9.17, 15) is 4.57 Å². The minimum atomic E-state index is -2.46. The van der Waals surface area contributed by atoms with Crippen molar-refractivity contribution in [3.05, 3.63) is 30.3 Å². The van der Waals surface area contributed by atoms with Crippen molar-refractivity contribution in [1.29, 1.82) is 0 Å². The van der Waals surface area contributed by atoms with E-state index in [-0.39, 0.29) is 14.5 Å².